The first kappa shape index (κ1) is 16.0. The molecule has 0 aliphatic carbocycles. The van der Waals surface area contributed by atoms with Gasteiger partial charge < -0.3 is 15.1 Å². The van der Waals surface area contributed by atoms with E-state index in [1.807, 2.05) is 30.6 Å². The monoisotopic (exact) mass is 269 g/mol. The fourth-order valence-electron chi connectivity index (χ4n) is 2.60. The zero-order valence-electron chi connectivity index (χ0n) is 12.6. The first-order valence-electron chi connectivity index (χ1n) is 7.29. The summed E-state index contributed by atoms with van der Waals surface area (Å²) in [4.78, 5) is 27.1. The Morgan fingerprint density at radius 1 is 1.26 bits per heavy atom. The Morgan fingerprint density at radius 2 is 1.79 bits per heavy atom. The lowest BCUT2D eigenvalue weighted by molar-refractivity contribution is -0.133. The molecule has 5 heteroatoms. The van der Waals surface area contributed by atoms with Gasteiger partial charge in [0, 0.05) is 39.1 Å². The molecule has 19 heavy (non-hydrogen) atoms. The maximum absolute atomic E-state index is 12.2. The second-order valence-electron chi connectivity index (χ2n) is 5.18. The lowest BCUT2D eigenvalue weighted by Crippen LogP contribution is -2.51. The summed E-state index contributed by atoms with van der Waals surface area (Å²) in [6.07, 6.45) is 1.85. The number of piperidine rings is 1. The largest absolute Gasteiger partial charge is 0.343 e. The summed E-state index contributed by atoms with van der Waals surface area (Å²) in [6.45, 7) is 10.6. The molecule has 0 spiro atoms. The first-order valence-corrected chi connectivity index (χ1v) is 7.29. The van der Waals surface area contributed by atoms with E-state index < -0.39 is 0 Å². The molecule has 0 aromatic rings. The lowest BCUT2D eigenvalue weighted by atomic mass is 10.0. The minimum Gasteiger partial charge on any atom is -0.343 e. The zero-order valence-corrected chi connectivity index (χ0v) is 12.6. The summed E-state index contributed by atoms with van der Waals surface area (Å²) in [5, 5.41) is 3.40. The first-order chi connectivity index (χ1) is 8.99. The SMILES string of the molecule is CCN(CC)C(=O)C(C)NC1CCN(C(C)=O)CC1. The summed E-state index contributed by atoms with van der Waals surface area (Å²) in [6, 6.07) is 0.193. The van der Waals surface area contributed by atoms with Gasteiger partial charge >= 0.3 is 0 Å². The topological polar surface area (TPSA) is 52.7 Å². The van der Waals surface area contributed by atoms with Crippen molar-refractivity contribution in [2.75, 3.05) is 26.2 Å². The van der Waals surface area contributed by atoms with Crippen LogP contribution in [0.5, 0.6) is 0 Å². The predicted octanol–water partition coefficient (Wildman–Crippen LogP) is 0.844. The van der Waals surface area contributed by atoms with E-state index in [0.29, 0.717) is 6.04 Å². The van der Waals surface area contributed by atoms with Crippen molar-refractivity contribution in [1.29, 1.82) is 0 Å². The van der Waals surface area contributed by atoms with E-state index in [1.165, 1.54) is 0 Å². The molecule has 1 N–H and O–H groups in total. The third-order valence-corrected chi connectivity index (χ3v) is 3.87. The molecular formula is C14H27N3O2. The fourth-order valence-corrected chi connectivity index (χ4v) is 2.60. The minimum absolute atomic E-state index is 0.144. The third-order valence-electron chi connectivity index (χ3n) is 3.87. The number of hydrogen-bond donors (Lipinski definition) is 1. The number of carbonyl (C=O) groups excluding carboxylic acids is 2. The van der Waals surface area contributed by atoms with E-state index in [1.54, 1.807) is 6.92 Å². The van der Waals surface area contributed by atoms with Crippen molar-refractivity contribution >= 4 is 11.8 Å². The van der Waals surface area contributed by atoms with E-state index in [2.05, 4.69) is 5.32 Å². The summed E-state index contributed by atoms with van der Waals surface area (Å²) >= 11 is 0. The molecule has 110 valence electrons. The van der Waals surface area contributed by atoms with Gasteiger partial charge in [0.15, 0.2) is 0 Å². The second-order valence-corrected chi connectivity index (χ2v) is 5.18. The molecule has 1 rings (SSSR count). The van der Waals surface area contributed by atoms with E-state index in [0.717, 1.165) is 39.0 Å². The summed E-state index contributed by atoms with van der Waals surface area (Å²) in [5.74, 6) is 0.310. The molecule has 1 aliphatic heterocycles. The smallest absolute Gasteiger partial charge is 0.239 e. The van der Waals surface area contributed by atoms with Crippen molar-refractivity contribution in [1.82, 2.24) is 15.1 Å². The van der Waals surface area contributed by atoms with Gasteiger partial charge in [0.1, 0.15) is 0 Å². The number of hydrogen-bond acceptors (Lipinski definition) is 3. The zero-order chi connectivity index (χ0) is 14.4. The molecule has 1 saturated heterocycles. The molecule has 1 heterocycles. The number of nitrogens with one attached hydrogen (secondary N) is 1. The number of rotatable bonds is 5. The average molecular weight is 269 g/mol. The van der Waals surface area contributed by atoms with Gasteiger partial charge in [-0.05, 0) is 33.6 Å². The van der Waals surface area contributed by atoms with Crippen LogP contribution in [0.1, 0.15) is 40.5 Å². The summed E-state index contributed by atoms with van der Waals surface area (Å²) in [7, 11) is 0. The van der Waals surface area contributed by atoms with Crippen LogP contribution in [-0.4, -0.2) is 59.9 Å². The fraction of sp³-hybridized carbons (Fsp3) is 0.857. The van der Waals surface area contributed by atoms with Crippen molar-refractivity contribution < 1.29 is 9.59 Å². The molecule has 0 aromatic carbocycles. The normalized spacial score (nSPS) is 18.2. The molecule has 1 unspecified atom stereocenters. The quantitative estimate of drug-likeness (QED) is 0.805. The molecule has 1 fully saturated rings. The molecule has 0 radical (unpaired) electrons. The molecule has 0 saturated carbocycles. The molecule has 5 nitrogen and oxygen atoms in total. The number of likely N-dealkylation sites (N-methyl/N-ethyl adjacent to an activating group) is 1. The van der Waals surface area contributed by atoms with Crippen LogP contribution in [-0.2, 0) is 9.59 Å². The van der Waals surface area contributed by atoms with Gasteiger partial charge in [0.25, 0.3) is 0 Å². The predicted molar refractivity (Wildman–Crippen MR) is 75.8 cm³/mol. The Morgan fingerprint density at radius 3 is 2.21 bits per heavy atom. The second kappa shape index (κ2) is 7.48. The Balaban J connectivity index is 2.40. The number of amides is 2. The third kappa shape index (κ3) is 4.49. The summed E-state index contributed by atoms with van der Waals surface area (Å²) < 4.78 is 0. The maximum Gasteiger partial charge on any atom is 0.239 e. The number of nitrogens with zero attached hydrogens (tertiary/aromatic N) is 2. The van der Waals surface area contributed by atoms with Crippen molar-refractivity contribution in [3.05, 3.63) is 0 Å². The van der Waals surface area contributed by atoms with Crippen LogP contribution in [0.2, 0.25) is 0 Å². The van der Waals surface area contributed by atoms with E-state index in [9.17, 15) is 9.59 Å². The van der Waals surface area contributed by atoms with Gasteiger partial charge in [-0.1, -0.05) is 0 Å². The van der Waals surface area contributed by atoms with Gasteiger partial charge in [0.05, 0.1) is 6.04 Å². The lowest BCUT2D eigenvalue weighted by Gasteiger charge is -2.34. The van der Waals surface area contributed by atoms with Crippen LogP contribution in [0.25, 0.3) is 0 Å². The van der Waals surface area contributed by atoms with Crippen molar-refractivity contribution in [3.8, 4) is 0 Å². The molecule has 0 aromatic heterocycles. The highest BCUT2D eigenvalue weighted by Crippen LogP contribution is 2.11. The molecular weight excluding hydrogens is 242 g/mol. The Kier molecular flexibility index (Phi) is 6.28. The Hall–Kier alpha value is -1.10. The van der Waals surface area contributed by atoms with Crippen molar-refractivity contribution in [2.45, 2.75) is 52.6 Å². The maximum atomic E-state index is 12.2. The van der Waals surface area contributed by atoms with Crippen LogP contribution in [0, 0.1) is 0 Å². The minimum atomic E-state index is -0.145. The van der Waals surface area contributed by atoms with Gasteiger partial charge in [-0.15, -0.1) is 0 Å². The highest BCUT2D eigenvalue weighted by Gasteiger charge is 2.25. The van der Waals surface area contributed by atoms with E-state index >= 15 is 0 Å². The molecule has 0 bridgehead atoms. The molecule has 2 amide bonds. The Labute approximate surface area is 116 Å². The highest BCUT2D eigenvalue weighted by atomic mass is 16.2. The standard InChI is InChI=1S/C14H27N3O2/c1-5-16(6-2)14(19)11(3)15-13-7-9-17(10-8-13)12(4)18/h11,13,15H,5-10H2,1-4H3. The number of carbonyl (C=O) groups is 2. The van der Waals surface area contributed by atoms with E-state index in [-0.39, 0.29) is 17.9 Å². The van der Waals surface area contributed by atoms with Crippen LogP contribution in [0.4, 0.5) is 0 Å². The van der Waals surface area contributed by atoms with Crippen LogP contribution in [0.3, 0.4) is 0 Å². The van der Waals surface area contributed by atoms with Crippen LogP contribution < -0.4 is 5.32 Å². The van der Waals surface area contributed by atoms with Gasteiger partial charge in [0.2, 0.25) is 11.8 Å². The summed E-state index contributed by atoms with van der Waals surface area (Å²) in [5.41, 5.74) is 0. The highest BCUT2D eigenvalue weighted by molar-refractivity contribution is 5.81. The Bertz CT molecular complexity index is 308. The van der Waals surface area contributed by atoms with Crippen molar-refractivity contribution in [3.63, 3.8) is 0 Å². The van der Waals surface area contributed by atoms with Gasteiger partial charge in [-0.3, -0.25) is 9.59 Å². The van der Waals surface area contributed by atoms with Crippen LogP contribution >= 0.6 is 0 Å². The van der Waals surface area contributed by atoms with Crippen molar-refractivity contribution in [2.24, 2.45) is 0 Å². The average Bonchev–Trinajstić information content (AvgIpc) is 2.40. The molecule has 1 atom stereocenters. The van der Waals surface area contributed by atoms with Gasteiger partial charge in [-0.25, -0.2) is 0 Å². The van der Waals surface area contributed by atoms with Crippen LogP contribution in [0.15, 0.2) is 0 Å². The number of likely N-dealkylation sites (tertiary alicyclic amines) is 1. The van der Waals surface area contributed by atoms with Gasteiger partial charge in [-0.2, -0.15) is 0 Å². The van der Waals surface area contributed by atoms with E-state index in [4.69, 9.17) is 0 Å². The molecule has 1 aliphatic rings.